The van der Waals surface area contributed by atoms with E-state index in [0.29, 0.717) is 41.7 Å². The van der Waals surface area contributed by atoms with E-state index in [9.17, 15) is 4.79 Å². The van der Waals surface area contributed by atoms with Gasteiger partial charge in [-0.3, -0.25) is 9.69 Å². The Labute approximate surface area is 241 Å². The van der Waals surface area contributed by atoms with E-state index in [1.54, 1.807) is 25.3 Å². The van der Waals surface area contributed by atoms with Crippen molar-refractivity contribution in [1.29, 1.82) is 0 Å². The Morgan fingerprint density at radius 2 is 1.93 bits per heavy atom. The Balaban J connectivity index is 1.36. The quantitative estimate of drug-likeness (QED) is 0.367. The summed E-state index contributed by atoms with van der Waals surface area (Å²) < 4.78 is 11.2. The number of amides is 1. The lowest BCUT2D eigenvalue weighted by Gasteiger charge is -2.43. The number of methoxy groups -OCH3 is 1. The number of aromatic nitrogens is 4. The summed E-state index contributed by atoms with van der Waals surface area (Å²) in [5, 5.41) is 7.51. The van der Waals surface area contributed by atoms with E-state index in [1.165, 1.54) is 12.8 Å². The molecule has 2 aromatic heterocycles. The molecule has 0 bridgehead atoms. The lowest BCUT2D eigenvalue weighted by atomic mass is 10.0. The highest BCUT2D eigenvalue weighted by Gasteiger charge is 2.41. The second kappa shape index (κ2) is 12.4. The molecule has 1 aromatic carbocycles. The standard InChI is InChI=1S/C29H41N9O3/c1-7-22-28(39)37(5)23-17-30-29(33-27(23)38(22)20-10-8-9-11-20)31-21-13-12-19(16-24(21)40-6)26-32-25(41-34-26)18-36(4)15-14-35(2)3/h12-13,16-17,20,22H,7-11,14-15,18H2,1-6H3,(H,30,31,33)/t22-/m1/s1. The number of nitrogens with zero attached hydrogens (tertiary/aromatic N) is 8. The first kappa shape index (κ1) is 28.7. The van der Waals surface area contributed by atoms with Crippen LogP contribution in [0.1, 0.15) is 44.9 Å². The van der Waals surface area contributed by atoms with Gasteiger partial charge in [0.1, 0.15) is 17.5 Å². The number of carbonyl (C=O) groups is 1. The zero-order valence-corrected chi connectivity index (χ0v) is 24.9. The zero-order chi connectivity index (χ0) is 29.1. The Kier molecular flexibility index (Phi) is 8.69. The average molecular weight is 564 g/mol. The topological polar surface area (TPSA) is 116 Å². The van der Waals surface area contributed by atoms with E-state index in [-0.39, 0.29) is 11.9 Å². The molecule has 12 nitrogen and oxygen atoms in total. The Morgan fingerprint density at radius 3 is 2.63 bits per heavy atom. The molecule has 1 saturated carbocycles. The lowest BCUT2D eigenvalue weighted by Crippen LogP contribution is -2.55. The molecule has 12 heteroatoms. The van der Waals surface area contributed by atoms with Crippen molar-refractivity contribution < 1.29 is 14.1 Å². The molecular formula is C29H41N9O3. The fraction of sp³-hybridized carbons (Fsp3) is 0.552. The molecular weight excluding hydrogens is 522 g/mol. The van der Waals surface area contributed by atoms with Crippen molar-refractivity contribution in [1.82, 2.24) is 29.9 Å². The van der Waals surface area contributed by atoms with Crippen LogP contribution < -0.4 is 19.9 Å². The number of rotatable bonds is 11. The number of carbonyl (C=O) groups excluding carboxylic acids is 1. The van der Waals surface area contributed by atoms with Crippen LogP contribution in [0.3, 0.4) is 0 Å². The molecule has 0 unspecified atom stereocenters. The summed E-state index contributed by atoms with van der Waals surface area (Å²) in [6, 6.07) is 5.77. The second-order valence-electron chi connectivity index (χ2n) is 11.2. The summed E-state index contributed by atoms with van der Waals surface area (Å²) in [5.41, 5.74) is 2.23. The van der Waals surface area contributed by atoms with Gasteiger partial charge < -0.3 is 29.3 Å². The van der Waals surface area contributed by atoms with Crippen LogP contribution in [-0.4, -0.2) is 96.3 Å². The number of anilines is 4. The highest BCUT2D eigenvalue weighted by molar-refractivity contribution is 6.04. The van der Waals surface area contributed by atoms with Crippen molar-refractivity contribution in [3.63, 3.8) is 0 Å². The number of nitrogens with one attached hydrogen (secondary N) is 1. The van der Waals surface area contributed by atoms with Crippen LogP contribution in [0.4, 0.5) is 23.1 Å². The smallest absolute Gasteiger partial charge is 0.249 e. The summed E-state index contributed by atoms with van der Waals surface area (Å²) in [4.78, 5) is 35.5. The van der Waals surface area contributed by atoms with E-state index in [4.69, 9.17) is 14.2 Å². The number of benzene rings is 1. The van der Waals surface area contributed by atoms with Gasteiger partial charge in [0.05, 0.1) is 25.5 Å². The monoisotopic (exact) mass is 563 g/mol. The maximum atomic E-state index is 13.2. The van der Waals surface area contributed by atoms with E-state index in [2.05, 4.69) is 56.2 Å². The van der Waals surface area contributed by atoms with Crippen LogP contribution in [0.25, 0.3) is 11.4 Å². The fourth-order valence-electron chi connectivity index (χ4n) is 5.61. The maximum Gasteiger partial charge on any atom is 0.249 e. The molecule has 220 valence electrons. The fourth-order valence-corrected chi connectivity index (χ4v) is 5.61. The minimum Gasteiger partial charge on any atom is -0.495 e. The van der Waals surface area contributed by atoms with Gasteiger partial charge in [0.15, 0.2) is 5.82 Å². The Morgan fingerprint density at radius 1 is 1.15 bits per heavy atom. The minimum absolute atomic E-state index is 0.0956. The SMILES string of the molecule is CC[C@@H]1C(=O)N(C)c2cnc(Nc3ccc(-c4noc(CN(C)CCN(C)C)n4)cc3OC)nc2N1C1CCCC1. The number of hydrogen-bond acceptors (Lipinski definition) is 11. The van der Waals surface area contributed by atoms with Crippen LogP contribution in [0.2, 0.25) is 0 Å². The van der Waals surface area contributed by atoms with Gasteiger partial charge in [0, 0.05) is 31.7 Å². The molecule has 0 saturated heterocycles. The van der Waals surface area contributed by atoms with E-state index in [1.807, 2.05) is 25.2 Å². The van der Waals surface area contributed by atoms with Crippen molar-refractivity contribution >= 4 is 29.0 Å². The molecule has 0 radical (unpaired) electrons. The van der Waals surface area contributed by atoms with Crippen molar-refractivity contribution in [3.8, 4) is 17.1 Å². The zero-order valence-electron chi connectivity index (χ0n) is 24.9. The molecule has 1 aliphatic heterocycles. The molecule has 2 aliphatic rings. The molecule has 1 amide bonds. The van der Waals surface area contributed by atoms with Crippen LogP contribution in [-0.2, 0) is 11.3 Å². The predicted octanol–water partition coefficient (Wildman–Crippen LogP) is 3.78. The second-order valence-corrected chi connectivity index (χ2v) is 11.2. The summed E-state index contributed by atoms with van der Waals surface area (Å²) in [6.45, 7) is 4.48. The van der Waals surface area contributed by atoms with Gasteiger partial charge in [0.25, 0.3) is 0 Å². The summed E-state index contributed by atoms with van der Waals surface area (Å²) in [5.74, 6) is 3.00. The summed E-state index contributed by atoms with van der Waals surface area (Å²) in [7, 11) is 9.56. The van der Waals surface area contributed by atoms with Gasteiger partial charge in [-0.05, 0) is 58.6 Å². The van der Waals surface area contributed by atoms with Gasteiger partial charge in [-0.2, -0.15) is 9.97 Å². The van der Waals surface area contributed by atoms with E-state index < -0.39 is 0 Å². The summed E-state index contributed by atoms with van der Waals surface area (Å²) >= 11 is 0. The molecule has 3 heterocycles. The molecule has 5 rings (SSSR count). The van der Waals surface area contributed by atoms with Crippen LogP contribution in [0.15, 0.2) is 28.9 Å². The van der Waals surface area contributed by atoms with Gasteiger partial charge in [-0.15, -0.1) is 0 Å². The average Bonchev–Trinajstić information content (AvgIpc) is 3.67. The molecule has 1 fully saturated rings. The first-order valence-electron chi connectivity index (χ1n) is 14.3. The number of hydrogen-bond donors (Lipinski definition) is 1. The number of likely N-dealkylation sites (N-methyl/N-ethyl adjacent to an activating group) is 3. The lowest BCUT2D eigenvalue weighted by molar-refractivity contribution is -0.120. The van der Waals surface area contributed by atoms with Crippen molar-refractivity contribution in [3.05, 3.63) is 30.3 Å². The largest absolute Gasteiger partial charge is 0.495 e. The molecule has 0 spiro atoms. The molecule has 3 aromatic rings. The highest BCUT2D eigenvalue weighted by Crippen LogP contribution is 2.40. The Hall–Kier alpha value is -3.77. The Bertz CT molecular complexity index is 1360. The maximum absolute atomic E-state index is 13.2. The first-order chi connectivity index (χ1) is 19.8. The molecule has 1 N–H and O–H groups in total. The van der Waals surface area contributed by atoms with E-state index >= 15 is 0 Å². The third-order valence-electron chi connectivity index (χ3n) is 7.92. The molecule has 1 aliphatic carbocycles. The third kappa shape index (κ3) is 6.13. The normalized spacial score (nSPS) is 17.6. The number of ether oxygens (including phenoxy) is 1. The van der Waals surface area contributed by atoms with E-state index in [0.717, 1.165) is 49.4 Å². The summed E-state index contributed by atoms with van der Waals surface area (Å²) in [6.07, 6.45) is 6.94. The minimum atomic E-state index is -0.222. The molecule has 1 atom stereocenters. The van der Waals surface area contributed by atoms with Gasteiger partial charge in [-0.25, -0.2) is 4.98 Å². The van der Waals surface area contributed by atoms with Crippen LogP contribution in [0.5, 0.6) is 5.75 Å². The van der Waals surface area contributed by atoms with Crippen molar-refractivity contribution in [2.45, 2.75) is 57.7 Å². The first-order valence-corrected chi connectivity index (χ1v) is 14.3. The van der Waals surface area contributed by atoms with Gasteiger partial charge in [-0.1, -0.05) is 24.9 Å². The predicted molar refractivity (Wildman–Crippen MR) is 159 cm³/mol. The molecule has 41 heavy (non-hydrogen) atoms. The van der Waals surface area contributed by atoms with Crippen LogP contribution >= 0.6 is 0 Å². The van der Waals surface area contributed by atoms with Gasteiger partial charge in [0.2, 0.25) is 23.6 Å². The number of fused-ring (bicyclic) bond motifs is 1. The van der Waals surface area contributed by atoms with Gasteiger partial charge >= 0.3 is 0 Å². The third-order valence-corrected chi connectivity index (χ3v) is 7.92. The van der Waals surface area contributed by atoms with Crippen molar-refractivity contribution in [2.75, 3.05) is 63.5 Å². The van der Waals surface area contributed by atoms with Crippen LogP contribution in [0, 0.1) is 0 Å². The highest BCUT2D eigenvalue weighted by atomic mass is 16.5. The van der Waals surface area contributed by atoms with Crippen molar-refractivity contribution in [2.24, 2.45) is 0 Å².